The number of benzene rings is 2. The topological polar surface area (TPSA) is 48.2 Å². The molecule has 118 valence electrons. The van der Waals surface area contributed by atoms with Gasteiger partial charge in [-0.2, -0.15) is 4.98 Å². The zero-order valence-corrected chi connectivity index (χ0v) is 14.6. The second kappa shape index (κ2) is 6.96. The summed E-state index contributed by atoms with van der Waals surface area (Å²) in [7, 11) is 0. The molecule has 0 aliphatic carbocycles. The minimum atomic E-state index is 0.239. The van der Waals surface area contributed by atoms with Crippen molar-refractivity contribution in [2.45, 2.75) is 26.9 Å². The van der Waals surface area contributed by atoms with Crippen molar-refractivity contribution in [3.63, 3.8) is 0 Å². The van der Waals surface area contributed by atoms with Crippen molar-refractivity contribution in [2.75, 3.05) is 0 Å². The van der Waals surface area contributed by atoms with E-state index < -0.39 is 0 Å². The Kier molecular flexibility index (Phi) is 4.76. The van der Waals surface area contributed by atoms with Crippen LogP contribution < -0.4 is 4.74 Å². The molecule has 3 aromatic rings. The fraction of sp³-hybridized carbons (Fsp3) is 0.222. The van der Waals surface area contributed by atoms with E-state index in [1.165, 1.54) is 11.1 Å². The van der Waals surface area contributed by atoms with Gasteiger partial charge in [0.1, 0.15) is 5.75 Å². The van der Waals surface area contributed by atoms with Crippen LogP contribution in [-0.4, -0.2) is 10.1 Å². The number of aryl methyl sites for hydroxylation is 2. The Bertz CT molecular complexity index is 797. The van der Waals surface area contributed by atoms with Gasteiger partial charge in [0.25, 0.3) is 5.89 Å². The largest absolute Gasteiger partial charge is 0.483 e. The van der Waals surface area contributed by atoms with Gasteiger partial charge in [0.15, 0.2) is 6.61 Å². The molecule has 0 radical (unpaired) electrons. The molecule has 0 unspecified atom stereocenters. The van der Waals surface area contributed by atoms with Gasteiger partial charge in [-0.05, 0) is 47.0 Å². The second-order valence-electron chi connectivity index (χ2n) is 5.28. The molecular formula is C18H17BrN2O2. The standard InChI is InChI=1S/C18H17BrN2O2/c1-3-13-6-9-16(15(19)10-13)22-11-17-20-18(21-23-17)14-7-4-12(2)5-8-14/h4-10H,3,11H2,1-2H3. The molecule has 4 nitrogen and oxygen atoms in total. The van der Waals surface area contributed by atoms with Crippen LogP contribution in [0.4, 0.5) is 0 Å². The molecule has 1 aromatic heterocycles. The first kappa shape index (κ1) is 15.7. The Morgan fingerprint density at radius 2 is 1.91 bits per heavy atom. The van der Waals surface area contributed by atoms with Crippen LogP contribution in [0.3, 0.4) is 0 Å². The van der Waals surface area contributed by atoms with E-state index in [0.29, 0.717) is 11.7 Å². The van der Waals surface area contributed by atoms with Crippen molar-refractivity contribution < 1.29 is 9.26 Å². The Morgan fingerprint density at radius 3 is 2.61 bits per heavy atom. The molecule has 0 saturated heterocycles. The first-order valence-corrected chi connectivity index (χ1v) is 8.26. The lowest BCUT2D eigenvalue weighted by Crippen LogP contribution is -1.97. The van der Waals surface area contributed by atoms with Gasteiger partial charge in [-0.1, -0.05) is 48.0 Å². The van der Waals surface area contributed by atoms with Crippen LogP contribution in [-0.2, 0) is 13.0 Å². The zero-order chi connectivity index (χ0) is 16.2. The molecule has 0 fully saturated rings. The predicted molar refractivity (Wildman–Crippen MR) is 92.3 cm³/mol. The predicted octanol–water partition coefficient (Wildman–Crippen LogP) is 4.95. The highest BCUT2D eigenvalue weighted by atomic mass is 79.9. The maximum absolute atomic E-state index is 5.75. The van der Waals surface area contributed by atoms with Crippen LogP contribution in [0, 0.1) is 6.92 Å². The van der Waals surface area contributed by atoms with E-state index in [-0.39, 0.29) is 6.61 Å². The first-order valence-electron chi connectivity index (χ1n) is 7.46. The molecule has 0 atom stereocenters. The smallest absolute Gasteiger partial charge is 0.264 e. The molecule has 2 aromatic carbocycles. The van der Waals surface area contributed by atoms with Crippen molar-refractivity contribution in [1.29, 1.82) is 0 Å². The van der Waals surface area contributed by atoms with Gasteiger partial charge in [0, 0.05) is 5.56 Å². The van der Waals surface area contributed by atoms with Gasteiger partial charge in [0.2, 0.25) is 5.82 Å². The maximum atomic E-state index is 5.75. The van der Waals surface area contributed by atoms with E-state index >= 15 is 0 Å². The maximum Gasteiger partial charge on any atom is 0.264 e. The first-order chi connectivity index (χ1) is 11.2. The van der Waals surface area contributed by atoms with Crippen LogP contribution in [0.5, 0.6) is 5.75 Å². The molecule has 0 amide bonds. The monoisotopic (exact) mass is 372 g/mol. The van der Waals surface area contributed by atoms with Crippen LogP contribution >= 0.6 is 15.9 Å². The number of aromatic nitrogens is 2. The molecule has 0 N–H and O–H groups in total. The van der Waals surface area contributed by atoms with E-state index in [1.807, 2.05) is 43.3 Å². The SMILES string of the molecule is CCc1ccc(OCc2nc(-c3ccc(C)cc3)no2)c(Br)c1. The summed E-state index contributed by atoms with van der Waals surface area (Å²) in [5.74, 6) is 1.79. The minimum Gasteiger partial charge on any atom is -0.483 e. The van der Waals surface area contributed by atoms with Gasteiger partial charge in [-0.15, -0.1) is 0 Å². The molecular weight excluding hydrogens is 356 g/mol. The fourth-order valence-corrected chi connectivity index (χ4v) is 2.69. The van der Waals surface area contributed by atoms with E-state index in [1.54, 1.807) is 0 Å². The van der Waals surface area contributed by atoms with Crippen molar-refractivity contribution in [3.05, 3.63) is 64.0 Å². The van der Waals surface area contributed by atoms with Crippen molar-refractivity contribution in [1.82, 2.24) is 10.1 Å². The van der Waals surface area contributed by atoms with Crippen LogP contribution in [0.25, 0.3) is 11.4 Å². The average Bonchev–Trinajstić information content (AvgIpc) is 3.03. The highest BCUT2D eigenvalue weighted by Gasteiger charge is 2.10. The Labute approximate surface area is 143 Å². The number of rotatable bonds is 5. The third-order valence-corrected chi connectivity index (χ3v) is 4.15. The van der Waals surface area contributed by atoms with Crippen LogP contribution in [0.1, 0.15) is 23.9 Å². The molecule has 0 spiro atoms. The normalized spacial score (nSPS) is 10.7. The van der Waals surface area contributed by atoms with Gasteiger partial charge >= 0.3 is 0 Å². The highest BCUT2D eigenvalue weighted by Crippen LogP contribution is 2.27. The number of nitrogens with zero attached hydrogens (tertiary/aromatic N) is 2. The van der Waals surface area contributed by atoms with Crippen molar-refractivity contribution in [2.24, 2.45) is 0 Å². The fourth-order valence-electron chi connectivity index (χ4n) is 2.15. The van der Waals surface area contributed by atoms with Crippen molar-refractivity contribution in [3.8, 4) is 17.1 Å². The third kappa shape index (κ3) is 3.79. The molecule has 0 saturated carbocycles. The molecule has 0 bridgehead atoms. The average molecular weight is 373 g/mol. The Morgan fingerprint density at radius 1 is 1.13 bits per heavy atom. The quantitative estimate of drug-likeness (QED) is 0.635. The minimum absolute atomic E-state index is 0.239. The molecule has 3 rings (SSSR count). The molecule has 0 aliphatic heterocycles. The lowest BCUT2D eigenvalue weighted by atomic mass is 10.1. The summed E-state index contributed by atoms with van der Waals surface area (Å²) >= 11 is 3.52. The van der Waals surface area contributed by atoms with Gasteiger partial charge < -0.3 is 9.26 Å². The summed E-state index contributed by atoms with van der Waals surface area (Å²) in [6.45, 7) is 4.40. The summed E-state index contributed by atoms with van der Waals surface area (Å²) in [6, 6.07) is 14.0. The summed E-state index contributed by atoms with van der Waals surface area (Å²) in [5.41, 5.74) is 3.38. The number of ether oxygens (including phenoxy) is 1. The van der Waals surface area contributed by atoms with Gasteiger partial charge in [0.05, 0.1) is 4.47 Å². The summed E-state index contributed by atoms with van der Waals surface area (Å²) in [6.07, 6.45) is 0.989. The van der Waals surface area contributed by atoms with Crippen molar-refractivity contribution >= 4 is 15.9 Å². The molecule has 5 heteroatoms. The zero-order valence-electron chi connectivity index (χ0n) is 13.0. The van der Waals surface area contributed by atoms with Crippen LogP contribution in [0.2, 0.25) is 0 Å². The van der Waals surface area contributed by atoms with Gasteiger partial charge in [-0.3, -0.25) is 0 Å². The molecule has 23 heavy (non-hydrogen) atoms. The lowest BCUT2D eigenvalue weighted by Gasteiger charge is -2.07. The van der Waals surface area contributed by atoms with E-state index in [2.05, 4.69) is 39.1 Å². The Hall–Kier alpha value is -2.14. The van der Waals surface area contributed by atoms with Crippen LogP contribution in [0.15, 0.2) is 51.5 Å². The second-order valence-corrected chi connectivity index (χ2v) is 6.14. The number of hydrogen-bond acceptors (Lipinski definition) is 4. The Balaban J connectivity index is 1.69. The summed E-state index contributed by atoms with van der Waals surface area (Å²) in [4.78, 5) is 4.37. The molecule has 0 aliphatic rings. The molecule has 1 heterocycles. The third-order valence-electron chi connectivity index (χ3n) is 3.53. The van der Waals surface area contributed by atoms with E-state index in [9.17, 15) is 0 Å². The number of halogens is 1. The van der Waals surface area contributed by atoms with E-state index in [4.69, 9.17) is 9.26 Å². The number of hydrogen-bond donors (Lipinski definition) is 0. The highest BCUT2D eigenvalue weighted by molar-refractivity contribution is 9.10. The summed E-state index contributed by atoms with van der Waals surface area (Å²) in [5, 5.41) is 4.00. The lowest BCUT2D eigenvalue weighted by molar-refractivity contribution is 0.241. The summed E-state index contributed by atoms with van der Waals surface area (Å²) < 4.78 is 11.9. The van der Waals surface area contributed by atoms with Gasteiger partial charge in [-0.25, -0.2) is 0 Å². The van der Waals surface area contributed by atoms with E-state index in [0.717, 1.165) is 22.2 Å².